The second-order valence-electron chi connectivity index (χ2n) is 3.32. The van der Waals surface area contributed by atoms with E-state index in [1.165, 1.54) is 4.68 Å². The first-order valence-corrected chi connectivity index (χ1v) is 4.51. The van der Waals surface area contributed by atoms with E-state index in [2.05, 4.69) is 10.4 Å². The third-order valence-corrected chi connectivity index (χ3v) is 2.07. The van der Waals surface area contributed by atoms with E-state index < -0.39 is 0 Å². The van der Waals surface area contributed by atoms with Gasteiger partial charge in [-0.3, -0.25) is 9.48 Å². The second-order valence-corrected chi connectivity index (χ2v) is 3.32. The van der Waals surface area contributed by atoms with Crippen molar-refractivity contribution in [2.24, 2.45) is 5.92 Å². The minimum Gasteiger partial charge on any atom is -0.309 e. The monoisotopic (exact) mass is 190 g/mol. The van der Waals surface area contributed by atoms with Gasteiger partial charge in [0, 0.05) is 18.2 Å². The van der Waals surface area contributed by atoms with Crippen molar-refractivity contribution in [2.45, 2.75) is 19.4 Å². The summed E-state index contributed by atoms with van der Waals surface area (Å²) >= 11 is 0. The van der Waals surface area contributed by atoms with Gasteiger partial charge in [0.1, 0.15) is 6.54 Å². The maximum absolute atomic E-state index is 11.3. The largest absolute Gasteiger partial charge is 0.309 e. The number of anilines is 1. The molecule has 0 unspecified atom stereocenters. The first-order chi connectivity index (χ1) is 6.79. The highest BCUT2D eigenvalue weighted by atomic mass is 16.2. The predicted octanol–water partition coefficient (Wildman–Crippen LogP) is 0.755. The van der Waals surface area contributed by atoms with Crippen LogP contribution in [0.4, 0.5) is 5.82 Å². The molecule has 0 aliphatic heterocycles. The van der Waals surface area contributed by atoms with Crippen molar-refractivity contribution in [3.63, 3.8) is 0 Å². The van der Waals surface area contributed by atoms with Crippen LogP contribution in [0.25, 0.3) is 0 Å². The fourth-order valence-electron chi connectivity index (χ4n) is 1.16. The molecule has 5 nitrogen and oxygen atoms in total. The Bertz CT molecular complexity index is 386. The van der Waals surface area contributed by atoms with Crippen molar-refractivity contribution >= 4 is 11.7 Å². The maximum atomic E-state index is 11.3. The fourth-order valence-corrected chi connectivity index (χ4v) is 1.16. The Balaban J connectivity index is 1.95. The van der Waals surface area contributed by atoms with Crippen LogP contribution in [-0.2, 0) is 11.3 Å². The number of aromatic nitrogens is 2. The summed E-state index contributed by atoms with van der Waals surface area (Å²) in [4.78, 5) is 11.3. The molecule has 0 bridgehead atoms. The average molecular weight is 190 g/mol. The molecule has 1 saturated carbocycles. The van der Waals surface area contributed by atoms with E-state index in [9.17, 15) is 4.79 Å². The van der Waals surface area contributed by atoms with Gasteiger partial charge in [-0.2, -0.15) is 10.4 Å². The summed E-state index contributed by atoms with van der Waals surface area (Å²) in [6, 6.07) is 3.67. The van der Waals surface area contributed by atoms with Crippen LogP contribution < -0.4 is 5.32 Å². The third-order valence-electron chi connectivity index (χ3n) is 2.07. The fraction of sp³-hybridized carbons (Fsp3) is 0.444. The lowest BCUT2D eigenvalue weighted by Gasteiger charge is -1.98. The van der Waals surface area contributed by atoms with Crippen LogP contribution >= 0.6 is 0 Å². The molecule has 1 amide bonds. The second kappa shape index (κ2) is 3.50. The molecule has 1 aromatic heterocycles. The zero-order valence-corrected chi connectivity index (χ0v) is 7.60. The highest BCUT2D eigenvalue weighted by molar-refractivity contribution is 5.93. The Hall–Kier alpha value is -1.83. The first kappa shape index (κ1) is 8.75. The van der Waals surface area contributed by atoms with Gasteiger partial charge < -0.3 is 5.32 Å². The number of carbonyl (C=O) groups excluding carboxylic acids is 1. The minimum atomic E-state index is 0.0345. The normalized spacial score (nSPS) is 14.8. The molecule has 1 aliphatic carbocycles. The quantitative estimate of drug-likeness (QED) is 0.764. The van der Waals surface area contributed by atoms with E-state index in [-0.39, 0.29) is 18.4 Å². The van der Waals surface area contributed by atoms with E-state index in [0.717, 1.165) is 12.8 Å². The van der Waals surface area contributed by atoms with Crippen molar-refractivity contribution in [3.8, 4) is 6.07 Å². The van der Waals surface area contributed by atoms with E-state index in [0.29, 0.717) is 5.82 Å². The molecule has 1 heterocycles. The Morgan fingerprint density at radius 1 is 1.79 bits per heavy atom. The van der Waals surface area contributed by atoms with Crippen molar-refractivity contribution in [2.75, 3.05) is 5.32 Å². The van der Waals surface area contributed by atoms with Gasteiger partial charge in [0.05, 0.1) is 6.07 Å². The number of carbonyl (C=O) groups is 1. The molecular formula is C9H10N4O. The predicted molar refractivity (Wildman–Crippen MR) is 49.2 cm³/mol. The summed E-state index contributed by atoms with van der Waals surface area (Å²) in [6.07, 6.45) is 3.63. The zero-order valence-electron chi connectivity index (χ0n) is 7.60. The van der Waals surface area contributed by atoms with Gasteiger partial charge in [-0.25, -0.2) is 0 Å². The van der Waals surface area contributed by atoms with E-state index >= 15 is 0 Å². The number of rotatable bonds is 3. The summed E-state index contributed by atoms with van der Waals surface area (Å²) in [5, 5.41) is 15.1. The summed E-state index contributed by atoms with van der Waals surface area (Å²) < 4.78 is 1.49. The van der Waals surface area contributed by atoms with Crippen LogP contribution in [0, 0.1) is 17.2 Å². The molecular weight excluding hydrogens is 180 g/mol. The third kappa shape index (κ3) is 1.91. The van der Waals surface area contributed by atoms with E-state index in [1.54, 1.807) is 12.3 Å². The molecule has 0 spiro atoms. The van der Waals surface area contributed by atoms with Crippen LogP contribution in [0.15, 0.2) is 12.3 Å². The zero-order chi connectivity index (χ0) is 9.97. The topological polar surface area (TPSA) is 70.7 Å². The Morgan fingerprint density at radius 2 is 2.57 bits per heavy atom. The number of nitrogens with one attached hydrogen (secondary N) is 1. The highest BCUT2D eigenvalue weighted by Gasteiger charge is 2.29. The summed E-state index contributed by atoms with van der Waals surface area (Å²) in [5.74, 6) is 0.737. The number of hydrogen-bond acceptors (Lipinski definition) is 3. The van der Waals surface area contributed by atoms with Crippen molar-refractivity contribution in [3.05, 3.63) is 12.3 Å². The number of hydrogen-bond donors (Lipinski definition) is 1. The number of nitriles is 1. The van der Waals surface area contributed by atoms with Gasteiger partial charge in [0.25, 0.3) is 0 Å². The molecule has 1 aromatic rings. The first-order valence-electron chi connectivity index (χ1n) is 4.51. The lowest BCUT2D eigenvalue weighted by molar-refractivity contribution is -0.117. The summed E-state index contributed by atoms with van der Waals surface area (Å²) in [7, 11) is 0. The molecule has 14 heavy (non-hydrogen) atoms. The van der Waals surface area contributed by atoms with Gasteiger partial charge >= 0.3 is 0 Å². The molecule has 0 atom stereocenters. The molecule has 72 valence electrons. The SMILES string of the molecule is N#CCn1ccc(NC(=O)C2CC2)n1. The lowest BCUT2D eigenvalue weighted by Crippen LogP contribution is -2.14. The van der Waals surface area contributed by atoms with Crippen LogP contribution in [0.3, 0.4) is 0 Å². The number of nitrogens with zero attached hydrogens (tertiary/aromatic N) is 3. The van der Waals surface area contributed by atoms with Crippen molar-refractivity contribution in [1.29, 1.82) is 5.26 Å². The maximum Gasteiger partial charge on any atom is 0.228 e. The van der Waals surface area contributed by atoms with Crippen molar-refractivity contribution in [1.82, 2.24) is 9.78 Å². The molecule has 0 aromatic carbocycles. The summed E-state index contributed by atoms with van der Waals surface area (Å²) in [6.45, 7) is 0.208. The van der Waals surface area contributed by atoms with Gasteiger partial charge in [-0.05, 0) is 12.8 Å². The Labute approximate surface area is 81.3 Å². The van der Waals surface area contributed by atoms with Gasteiger partial charge in [0.15, 0.2) is 5.82 Å². The van der Waals surface area contributed by atoms with Gasteiger partial charge in [0.2, 0.25) is 5.91 Å². The molecule has 2 rings (SSSR count). The summed E-state index contributed by atoms with van der Waals surface area (Å²) in [5.41, 5.74) is 0. The van der Waals surface area contributed by atoms with Crippen molar-refractivity contribution < 1.29 is 4.79 Å². The van der Waals surface area contributed by atoms with Crippen LogP contribution in [0.5, 0.6) is 0 Å². The minimum absolute atomic E-state index is 0.0345. The Kier molecular flexibility index (Phi) is 2.19. The van der Waals surface area contributed by atoms with Crippen LogP contribution in [0.1, 0.15) is 12.8 Å². The lowest BCUT2D eigenvalue weighted by atomic mass is 10.4. The van der Waals surface area contributed by atoms with Crippen LogP contribution in [0.2, 0.25) is 0 Å². The van der Waals surface area contributed by atoms with Crippen LogP contribution in [-0.4, -0.2) is 15.7 Å². The Morgan fingerprint density at radius 3 is 3.21 bits per heavy atom. The highest BCUT2D eigenvalue weighted by Crippen LogP contribution is 2.29. The number of amides is 1. The molecule has 0 saturated heterocycles. The molecule has 0 radical (unpaired) electrons. The average Bonchev–Trinajstić information content (AvgIpc) is 2.92. The molecule has 1 aliphatic rings. The molecule has 1 N–H and O–H groups in total. The molecule has 5 heteroatoms. The van der Waals surface area contributed by atoms with Gasteiger partial charge in [-0.15, -0.1) is 0 Å². The standard InChI is InChI=1S/C9H10N4O/c10-4-6-13-5-3-8(12-13)11-9(14)7-1-2-7/h3,5,7H,1-2,6H2,(H,11,12,14). The smallest absolute Gasteiger partial charge is 0.228 e. The van der Waals surface area contributed by atoms with E-state index in [1.807, 2.05) is 6.07 Å². The van der Waals surface area contributed by atoms with Gasteiger partial charge in [-0.1, -0.05) is 0 Å². The molecule has 1 fully saturated rings. The van der Waals surface area contributed by atoms with E-state index in [4.69, 9.17) is 5.26 Å².